The summed E-state index contributed by atoms with van der Waals surface area (Å²) in [6.07, 6.45) is 0. The molecule has 0 aliphatic rings. The zero-order valence-electron chi connectivity index (χ0n) is 14.6. The van der Waals surface area contributed by atoms with Crippen molar-refractivity contribution in [3.05, 3.63) is 75.8 Å². The van der Waals surface area contributed by atoms with Gasteiger partial charge in [0.15, 0.2) is 5.17 Å². The molecule has 7 nitrogen and oxygen atoms in total. The number of aromatic nitrogens is 2. The highest BCUT2D eigenvalue weighted by Gasteiger charge is 2.10. The number of thioether (sulfide) groups is 1. The summed E-state index contributed by atoms with van der Waals surface area (Å²) in [4.78, 5) is 35.3. The molecule has 27 heavy (non-hydrogen) atoms. The van der Waals surface area contributed by atoms with Gasteiger partial charge in [-0.05, 0) is 23.8 Å². The van der Waals surface area contributed by atoms with E-state index in [9.17, 15) is 9.59 Å². The molecule has 1 heterocycles. The van der Waals surface area contributed by atoms with Gasteiger partial charge >= 0.3 is 5.97 Å². The Hall–Kier alpha value is -3.13. The quantitative estimate of drug-likeness (QED) is 0.398. The van der Waals surface area contributed by atoms with Gasteiger partial charge in [-0.3, -0.25) is 9.79 Å². The molecule has 0 unspecified atom stereocenters. The summed E-state index contributed by atoms with van der Waals surface area (Å²) in [6.45, 7) is 0.490. The van der Waals surface area contributed by atoms with Crippen LogP contribution in [0.1, 0.15) is 21.7 Å². The second-order valence-corrected chi connectivity index (χ2v) is 6.66. The van der Waals surface area contributed by atoms with E-state index in [1.807, 2.05) is 30.3 Å². The topological polar surface area (TPSA) is 110 Å². The van der Waals surface area contributed by atoms with Gasteiger partial charge in [-0.15, -0.1) is 0 Å². The van der Waals surface area contributed by atoms with E-state index < -0.39 is 5.97 Å². The zero-order valence-corrected chi connectivity index (χ0v) is 15.5. The van der Waals surface area contributed by atoms with E-state index in [1.165, 1.54) is 31.0 Å². The number of esters is 1. The van der Waals surface area contributed by atoms with E-state index in [1.54, 1.807) is 6.07 Å². The van der Waals surface area contributed by atoms with Crippen LogP contribution in [0.4, 0.5) is 0 Å². The first-order valence-electron chi connectivity index (χ1n) is 8.14. The largest absolute Gasteiger partial charge is 0.465 e. The number of nitrogens with two attached hydrogens (primary N) is 1. The maximum Gasteiger partial charge on any atom is 0.337 e. The molecule has 0 saturated heterocycles. The van der Waals surface area contributed by atoms with Crippen LogP contribution in [-0.4, -0.2) is 28.2 Å². The number of nitrogens with one attached hydrogen (secondary N) is 1. The Balaban J connectivity index is 1.74. The number of benzene rings is 2. The number of fused-ring (bicyclic) bond motifs is 1. The summed E-state index contributed by atoms with van der Waals surface area (Å²) in [7, 11) is 1.30. The minimum Gasteiger partial charge on any atom is -0.465 e. The first kappa shape index (κ1) is 18.7. The van der Waals surface area contributed by atoms with Crippen LogP contribution in [0.25, 0.3) is 10.9 Å². The van der Waals surface area contributed by atoms with Crippen molar-refractivity contribution >= 4 is 33.8 Å². The third kappa shape index (κ3) is 4.73. The van der Waals surface area contributed by atoms with Crippen LogP contribution in [0.2, 0.25) is 0 Å². The SMILES string of the molecule is COC(=O)c1ccc2c(=O)[nH]c(CSC(N)=NCc3ccccc3)nc2c1. The van der Waals surface area contributed by atoms with Crippen molar-refractivity contribution in [2.24, 2.45) is 10.7 Å². The van der Waals surface area contributed by atoms with Crippen molar-refractivity contribution in [2.75, 3.05) is 7.11 Å². The summed E-state index contributed by atoms with van der Waals surface area (Å²) >= 11 is 1.28. The lowest BCUT2D eigenvalue weighted by atomic mass is 10.1. The second kappa shape index (κ2) is 8.50. The smallest absolute Gasteiger partial charge is 0.337 e. The molecule has 0 atom stereocenters. The van der Waals surface area contributed by atoms with Gasteiger partial charge in [-0.1, -0.05) is 42.1 Å². The number of H-pyrrole nitrogens is 1. The van der Waals surface area contributed by atoms with Crippen molar-refractivity contribution in [2.45, 2.75) is 12.3 Å². The molecule has 0 bridgehead atoms. The van der Waals surface area contributed by atoms with Crippen molar-refractivity contribution in [3.8, 4) is 0 Å². The van der Waals surface area contributed by atoms with E-state index in [0.717, 1.165) is 5.56 Å². The zero-order chi connectivity index (χ0) is 19.2. The number of hydrogen-bond acceptors (Lipinski definition) is 6. The number of rotatable bonds is 5. The molecule has 3 rings (SSSR count). The molecular weight excluding hydrogens is 364 g/mol. The molecule has 1 aromatic heterocycles. The standard InChI is InChI=1S/C19H18N4O3S/c1-26-18(25)13-7-8-14-15(9-13)22-16(23-17(14)24)11-27-19(20)21-10-12-5-3-2-4-6-12/h2-9H,10-11H2,1H3,(H2,20,21)(H,22,23,24). The van der Waals surface area contributed by atoms with E-state index in [4.69, 9.17) is 10.5 Å². The Morgan fingerprint density at radius 1 is 1.26 bits per heavy atom. The summed E-state index contributed by atoms with van der Waals surface area (Å²) in [5, 5.41) is 0.812. The Morgan fingerprint density at radius 2 is 2.04 bits per heavy atom. The van der Waals surface area contributed by atoms with E-state index >= 15 is 0 Å². The lowest BCUT2D eigenvalue weighted by molar-refractivity contribution is 0.0601. The summed E-state index contributed by atoms with van der Waals surface area (Å²) < 4.78 is 4.70. The second-order valence-electron chi connectivity index (χ2n) is 5.66. The van der Waals surface area contributed by atoms with Gasteiger partial charge in [-0.2, -0.15) is 0 Å². The molecule has 0 radical (unpaired) electrons. The number of nitrogens with zero attached hydrogens (tertiary/aromatic N) is 2. The Kier molecular flexibility index (Phi) is 5.87. The highest BCUT2D eigenvalue weighted by atomic mass is 32.2. The first-order chi connectivity index (χ1) is 13.1. The van der Waals surface area contributed by atoms with E-state index in [-0.39, 0.29) is 5.56 Å². The van der Waals surface area contributed by atoms with Crippen molar-refractivity contribution in [1.29, 1.82) is 0 Å². The summed E-state index contributed by atoms with van der Waals surface area (Å²) in [5.41, 5.74) is 7.49. The molecular formula is C19H18N4O3S. The molecule has 0 saturated carbocycles. The lowest BCUT2D eigenvalue weighted by Crippen LogP contribution is -2.14. The fourth-order valence-electron chi connectivity index (χ4n) is 2.44. The normalized spacial score (nSPS) is 11.5. The Morgan fingerprint density at radius 3 is 2.78 bits per heavy atom. The molecule has 0 amide bonds. The van der Waals surface area contributed by atoms with E-state index in [2.05, 4.69) is 15.0 Å². The van der Waals surface area contributed by atoms with Crippen LogP contribution in [-0.2, 0) is 17.0 Å². The Bertz CT molecular complexity index is 1050. The van der Waals surface area contributed by atoms with Crippen molar-refractivity contribution < 1.29 is 9.53 Å². The number of aliphatic imine (C=N–C) groups is 1. The van der Waals surface area contributed by atoms with Crippen LogP contribution in [0.3, 0.4) is 0 Å². The van der Waals surface area contributed by atoms with Crippen molar-refractivity contribution in [3.63, 3.8) is 0 Å². The molecule has 0 spiro atoms. The van der Waals surface area contributed by atoms with Gasteiger partial charge in [0.05, 0.1) is 35.9 Å². The van der Waals surface area contributed by atoms with Gasteiger partial charge in [0, 0.05) is 0 Å². The number of carbonyl (C=O) groups excluding carboxylic acids is 1. The Labute approximate surface area is 159 Å². The summed E-state index contributed by atoms with van der Waals surface area (Å²) in [6, 6.07) is 14.4. The third-order valence-electron chi connectivity index (χ3n) is 3.79. The van der Waals surface area contributed by atoms with Gasteiger partial charge in [0.1, 0.15) is 5.82 Å². The van der Waals surface area contributed by atoms with Crippen LogP contribution in [0, 0.1) is 0 Å². The van der Waals surface area contributed by atoms with Crippen LogP contribution < -0.4 is 11.3 Å². The van der Waals surface area contributed by atoms with Crippen molar-refractivity contribution in [1.82, 2.24) is 9.97 Å². The molecule has 8 heteroatoms. The number of methoxy groups -OCH3 is 1. The molecule has 0 aliphatic heterocycles. The van der Waals surface area contributed by atoms with Gasteiger partial charge in [0.2, 0.25) is 0 Å². The molecule has 138 valence electrons. The minimum atomic E-state index is -0.479. The van der Waals surface area contributed by atoms with Gasteiger partial charge < -0.3 is 15.5 Å². The number of aromatic amines is 1. The summed E-state index contributed by atoms with van der Waals surface area (Å²) in [5.74, 6) is 0.335. The number of carbonyl (C=O) groups is 1. The maximum absolute atomic E-state index is 12.2. The number of ether oxygens (including phenoxy) is 1. The average molecular weight is 382 g/mol. The molecule has 0 fully saturated rings. The highest BCUT2D eigenvalue weighted by molar-refractivity contribution is 8.13. The maximum atomic E-state index is 12.2. The lowest BCUT2D eigenvalue weighted by Gasteiger charge is -2.05. The highest BCUT2D eigenvalue weighted by Crippen LogP contribution is 2.14. The average Bonchev–Trinajstić information content (AvgIpc) is 2.70. The molecule has 3 aromatic rings. The number of amidine groups is 1. The number of hydrogen-bond donors (Lipinski definition) is 2. The van der Waals surface area contributed by atoms with Gasteiger partial charge in [0.25, 0.3) is 5.56 Å². The third-order valence-corrected chi connectivity index (χ3v) is 4.64. The molecule has 3 N–H and O–H groups in total. The fourth-order valence-corrected chi connectivity index (χ4v) is 3.02. The molecule has 2 aromatic carbocycles. The minimum absolute atomic E-state index is 0.271. The van der Waals surface area contributed by atoms with Crippen LogP contribution in [0.5, 0.6) is 0 Å². The van der Waals surface area contributed by atoms with Crippen LogP contribution >= 0.6 is 11.8 Å². The first-order valence-corrected chi connectivity index (χ1v) is 9.13. The van der Waals surface area contributed by atoms with Gasteiger partial charge in [-0.25, -0.2) is 9.78 Å². The monoisotopic (exact) mass is 382 g/mol. The predicted molar refractivity (Wildman–Crippen MR) is 107 cm³/mol. The fraction of sp³-hybridized carbons (Fsp3) is 0.158. The van der Waals surface area contributed by atoms with Crippen LogP contribution in [0.15, 0.2) is 58.3 Å². The predicted octanol–water partition coefficient (Wildman–Crippen LogP) is 2.46. The molecule has 0 aliphatic carbocycles. The van der Waals surface area contributed by atoms with E-state index in [0.29, 0.717) is 39.8 Å².